The van der Waals surface area contributed by atoms with Gasteiger partial charge in [-0.2, -0.15) is 0 Å². The van der Waals surface area contributed by atoms with Gasteiger partial charge in [0.05, 0.1) is 29.5 Å². The molecule has 0 unspecified atom stereocenters. The molecule has 0 atom stereocenters. The highest BCUT2D eigenvalue weighted by Gasteiger charge is 2.11. The third-order valence-electron chi connectivity index (χ3n) is 4.70. The Morgan fingerprint density at radius 1 is 0.933 bits per heavy atom. The highest BCUT2D eigenvalue weighted by Crippen LogP contribution is 2.24. The van der Waals surface area contributed by atoms with E-state index in [9.17, 15) is 9.59 Å². The number of hydrogen-bond donors (Lipinski definition) is 1. The molecule has 0 aliphatic heterocycles. The van der Waals surface area contributed by atoms with Gasteiger partial charge in [-0.05, 0) is 29.8 Å². The van der Waals surface area contributed by atoms with Crippen LogP contribution in [0.5, 0.6) is 5.75 Å². The molecule has 1 aromatic heterocycles. The van der Waals surface area contributed by atoms with E-state index >= 15 is 0 Å². The minimum atomic E-state index is -0.326. The summed E-state index contributed by atoms with van der Waals surface area (Å²) in [6.07, 6.45) is 2.16. The van der Waals surface area contributed by atoms with Crippen LogP contribution < -0.4 is 15.6 Å². The Labute approximate surface area is 173 Å². The summed E-state index contributed by atoms with van der Waals surface area (Å²) in [6, 6.07) is 24.4. The highest BCUT2D eigenvalue weighted by atomic mass is 16.5. The molecule has 6 nitrogen and oxygen atoms in total. The normalized spacial score (nSPS) is 10.7. The topological polar surface area (TPSA) is 73.2 Å². The highest BCUT2D eigenvalue weighted by molar-refractivity contribution is 5.92. The molecule has 4 aromatic rings. The van der Waals surface area contributed by atoms with Crippen LogP contribution in [0.4, 0.5) is 5.69 Å². The van der Waals surface area contributed by atoms with Gasteiger partial charge in [0.2, 0.25) is 5.91 Å². The molecule has 6 heteroatoms. The summed E-state index contributed by atoms with van der Waals surface area (Å²) in [5, 5.41) is 3.32. The van der Waals surface area contributed by atoms with Crippen LogP contribution in [0.2, 0.25) is 0 Å². The number of carbonyl (C=O) groups is 1. The first-order valence-electron chi connectivity index (χ1n) is 9.70. The van der Waals surface area contributed by atoms with E-state index in [4.69, 9.17) is 4.74 Å². The van der Waals surface area contributed by atoms with E-state index in [1.165, 1.54) is 16.5 Å². The number of hydrogen-bond acceptors (Lipinski definition) is 4. The first-order valence-corrected chi connectivity index (χ1v) is 9.70. The fourth-order valence-electron chi connectivity index (χ4n) is 3.18. The fraction of sp³-hybridized carbons (Fsp3) is 0.125. The van der Waals surface area contributed by atoms with Crippen molar-refractivity contribution in [2.75, 3.05) is 11.9 Å². The molecular weight excluding hydrogens is 378 g/mol. The van der Waals surface area contributed by atoms with Crippen molar-refractivity contribution in [3.05, 3.63) is 101 Å². The molecule has 0 saturated carbocycles. The van der Waals surface area contributed by atoms with Gasteiger partial charge in [0, 0.05) is 6.42 Å². The molecule has 0 fully saturated rings. The molecule has 4 rings (SSSR count). The van der Waals surface area contributed by atoms with E-state index in [-0.39, 0.29) is 18.0 Å². The monoisotopic (exact) mass is 399 g/mol. The minimum Gasteiger partial charge on any atom is -0.491 e. The number of carbonyl (C=O) groups excluding carboxylic acids is 1. The van der Waals surface area contributed by atoms with Crippen molar-refractivity contribution in [2.24, 2.45) is 0 Å². The third-order valence-corrected chi connectivity index (χ3v) is 4.70. The van der Waals surface area contributed by atoms with Gasteiger partial charge in [0.25, 0.3) is 5.56 Å². The predicted molar refractivity (Wildman–Crippen MR) is 117 cm³/mol. The molecule has 150 valence electrons. The summed E-state index contributed by atoms with van der Waals surface area (Å²) in [5.41, 5.74) is 2.11. The number of amides is 1. The Bertz CT molecular complexity index is 1220. The number of nitrogens with one attached hydrogen (secondary N) is 1. The summed E-state index contributed by atoms with van der Waals surface area (Å²) >= 11 is 0. The van der Waals surface area contributed by atoms with Gasteiger partial charge in [-0.15, -0.1) is 0 Å². The second kappa shape index (κ2) is 9.05. The summed E-state index contributed by atoms with van der Waals surface area (Å²) < 4.78 is 7.18. The summed E-state index contributed by atoms with van der Waals surface area (Å²) in [4.78, 5) is 29.4. The SMILES string of the molecule is O=C(Cn1cnc2ccccc2c1=O)Nc1ccccc1OCCc1ccccc1. The van der Waals surface area contributed by atoms with Crippen molar-refractivity contribution >= 4 is 22.5 Å². The number of rotatable bonds is 7. The lowest BCUT2D eigenvalue weighted by Gasteiger charge is -2.13. The van der Waals surface area contributed by atoms with Crippen molar-refractivity contribution in [1.29, 1.82) is 0 Å². The first-order chi connectivity index (χ1) is 14.7. The minimum absolute atomic E-state index is 0.130. The molecule has 3 aromatic carbocycles. The van der Waals surface area contributed by atoms with Crippen LogP contribution in [-0.4, -0.2) is 22.1 Å². The molecule has 0 spiro atoms. The zero-order valence-corrected chi connectivity index (χ0v) is 16.3. The van der Waals surface area contributed by atoms with Crippen LogP contribution in [0.1, 0.15) is 5.56 Å². The number of fused-ring (bicyclic) bond motifs is 1. The largest absolute Gasteiger partial charge is 0.491 e. The van der Waals surface area contributed by atoms with Gasteiger partial charge in [-0.1, -0.05) is 54.6 Å². The fourth-order valence-corrected chi connectivity index (χ4v) is 3.18. The van der Waals surface area contributed by atoms with Crippen molar-refractivity contribution < 1.29 is 9.53 Å². The van der Waals surface area contributed by atoms with Crippen molar-refractivity contribution in [2.45, 2.75) is 13.0 Å². The van der Waals surface area contributed by atoms with Gasteiger partial charge < -0.3 is 10.1 Å². The third kappa shape index (κ3) is 4.55. The Morgan fingerprint density at radius 2 is 1.67 bits per heavy atom. The second-order valence-electron chi connectivity index (χ2n) is 6.82. The van der Waals surface area contributed by atoms with Crippen LogP contribution in [0.15, 0.2) is 90.0 Å². The van der Waals surface area contributed by atoms with E-state index in [1.54, 1.807) is 24.3 Å². The molecule has 0 bridgehead atoms. The van der Waals surface area contributed by atoms with Gasteiger partial charge in [0.1, 0.15) is 12.3 Å². The molecule has 1 heterocycles. The van der Waals surface area contributed by atoms with Crippen molar-refractivity contribution in [3.63, 3.8) is 0 Å². The smallest absolute Gasteiger partial charge is 0.261 e. The number of anilines is 1. The number of ether oxygens (including phenoxy) is 1. The molecule has 1 amide bonds. The van der Waals surface area contributed by atoms with Gasteiger partial charge in [-0.25, -0.2) is 4.98 Å². The molecule has 0 saturated heterocycles. The number of para-hydroxylation sites is 3. The van der Waals surface area contributed by atoms with E-state index in [0.29, 0.717) is 28.9 Å². The van der Waals surface area contributed by atoms with Crippen LogP contribution in [0.25, 0.3) is 10.9 Å². The zero-order chi connectivity index (χ0) is 20.8. The van der Waals surface area contributed by atoms with E-state index < -0.39 is 0 Å². The summed E-state index contributed by atoms with van der Waals surface area (Å²) in [5.74, 6) is 0.263. The number of aromatic nitrogens is 2. The van der Waals surface area contributed by atoms with Crippen molar-refractivity contribution in [1.82, 2.24) is 9.55 Å². The zero-order valence-electron chi connectivity index (χ0n) is 16.3. The number of nitrogens with zero attached hydrogens (tertiary/aromatic N) is 2. The lowest BCUT2D eigenvalue weighted by Crippen LogP contribution is -2.28. The molecular formula is C24H21N3O3. The van der Waals surface area contributed by atoms with E-state index in [0.717, 1.165) is 6.42 Å². The second-order valence-corrected chi connectivity index (χ2v) is 6.82. The van der Waals surface area contributed by atoms with E-state index in [1.807, 2.05) is 54.6 Å². The molecule has 0 radical (unpaired) electrons. The van der Waals surface area contributed by atoms with Crippen LogP contribution in [0, 0.1) is 0 Å². The van der Waals surface area contributed by atoms with Gasteiger partial charge in [-0.3, -0.25) is 14.2 Å². The van der Waals surface area contributed by atoms with Crippen LogP contribution in [-0.2, 0) is 17.8 Å². The number of benzene rings is 3. The average molecular weight is 399 g/mol. The van der Waals surface area contributed by atoms with Gasteiger partial charge in [0.15, 0.2) is 0 Å². The maximum Gasteiger partial charge on any atom is 0.261 e. The quantitative estimate of drug-likeness (QED) is 0.515. The predicted octanol–water partition coefficient (Wildman–Crippen LogP) is 3.66. The standard InChI is InChI=1S/C24H21N3O3/c28-23(16-27-17-25-20-11-5-4-10-19(20)24(27)29)26-21-12-6-7-13-22(21)30-15-14-18-8-2-1-3-9-18/h1-13,17H,14-16H2,(H,26,28). The Kier molecular flexibility index (Phi) is 5.85. The first kappa shape index (κ1) is 19.4. The van der Waals surface area contributed by atoms with Crippen molar-refractivity contribution in [3.8, 4) is 5.75 Å². The maximum atomic E-state index is 12.6. The molecule has 0 aliphatic rings. The van der Waals surface area contributed by atoms with Crippen LogP contribution in [0.3, 0.4) is 0 Å². The Hall–Kier alpha value is -3.93. The summed E-state index contributed by atoms with van der Waals surface area (Å²) in [7, 11) is 0. The molecule has 1 N–H and O–H groups in total. The summed E-state index contributed by atoms with van der Waals surface area (Å²) in [6.45, 7) is 0.361. The van der Waals surface area contributed by atoms with E-state index in [2.05, 4.69) is 10.3 Å². The molecule has 0 aliphatic carbocycles. The lowest BCUT2D eigenvalue weighted by atomic mass is 10.2. The van der Waals surface area contributed by atoms with Gasteiger partial charge >= 0.3 is 0 Å². The Balaban J connectivity index is 1.42. The lowest BCUT2D eigenvalue weighted by molar-refractivity contribution is -0.116. The molecule has 30 heavy (non-hydrogen) atoms. The maximum absolute atomic E-state index is 12.6. The Morgan fingerprint density at radius 3 is 2.53 bits per heavy atom. The van der Waals surface area contributed by atoms with Crippen LogP contribution >= 0.6 is 0 Å². The average Bonchev–Trinajstić information content (AvgIpc) is 2.78.